The smallest absolute Gasteiger partial charge is 0.404 e. The maximum absolute atomic E-state index is 13.8. The summed E-state index contributed by atoms with van der Waals surface area (Å²) in [4.78, 5) is 34.7. The number of nitrogens with zero attached hydrogens (tertiary/aromatic N) is 2. The summed E-state index contributed by atoms with van der Waals surface area (Å²) < 4.78 is 52.5. The van der Waals surface area contributed by atoms with E-state index in [9.17, 15) is 22.8 Å². The Bertz CT molecular complexity index is 1290. The zero-order valence-electron chi connectivity index (χ0n) is 24.6. The van der Waals surface area contributed by atoms with Crippen molar-refractivity contribution in [1.29, 1.82) is 0 Å². The number of amides is 2. The Kier molecular flexibility index (Phi) is 8.17. The van der Waals surface area contributed by atoms with Crippen LogP contribution in [0.5, 0.6) is 0 Å². The van der Waals surface area contributed by atoms with Crippen LogP contribution < -0.4 is 10.6 Å². The monoisotopic (exact) mass is 586 g/mol. The van der Waals surface area contributed by atoms with E-state index in [1.165, 1.54) is 30.7 Å². The van der Waals surface area contributed by atoms with Crippen molar-refractivity contribution in [3.8, 4) is 0 Å². The van der Waals surface area contributed by atoms with Crippen molar-refractivity contribution in [3.05, 3.63) is 59.7 Å². The predicted molar refractivity (Wildman–Crippen MR) is 150 cm³/mol. The lowest BCUT2D eigenvalue weighted by atomic mass is 9.43. The molecule has 2 heterocycles. The van der Waals surface area contributed by atoms with Gasteiger partial charge in [-0.1, -0.05) is 39.8 Å². The molecule has 8 nitrogen and oxygen atoms in total. The minimum atomic E-state index is -4.48. The normalized spacial score (nSPS) is 27.5. The third-order valence-electron chi connectivity index (χ3n) is 9.49. The number of halogens is 3. The Morgan fingerprint density at radius 2 is 1.81 bits per heavy atom. The van der Waals surface area contributed by atoms with Crippen molar-refractivity contribution in [2.75, 3.05) is 0 Å². The van der Waals surface area contributed by atoms with Crippen LogP contribution >= 0.6 is 0 Å². The molecule has 4 fully saturated rings. The molecule has 6 rings (SSSR count). The molecule has 0 unspecified atom stereocenters. The Morgan fingerprint density at radius 1 is 1.10 bits per heavy atom. The first-order valence-corrected chi connectivity index (χ1v) is 14.5. The van der Waals surface area contributed by atoms with E-state index in [0.717, 1.165) is 25.0 Å². The van der Waals surface area contributed by atoms with E-state index < -0.39 is 48.3 Å². The lowest BCUT2D eigenvalue weighted by Crippen LogP contribution is -2.65. The van der Waals surface area contributed by atoms with Gasteiger partial charge in [-0.25, -0.2) is 4.98 Å². The molecular weight excluding hydrogens is 548 g/mol. The highest BCUT2D eigenvalue weighted by Crippen LogP contribution is 2.65. The average Bonchev–Trinajstić information content (AvgIpc) is 3.29. The summed E-state index contributed by atoms with van der Waals surface area (Å²) in [6.45, 7) is 10.8. The minimum absolute atomic E-state index is 0.0162. The van der Waals surface area contributed by atoms with E-state index in [1.54, 1.807) is 0 Å². The third kappa shape index (κ3) is 5.93. The van der Waals surface area contributed by atoms with Crippen LogP contribution in [0.15, 0.2) is 42.9 Å². The fraction of sp³-hybridized carbons (Fsp3) is 0.600. The van der Waals surface area contributed by atoms with Gasteiger partial charge in [0.05, 0.1) is 29.4 Å². The standard InChI is InChI=1S/C30H38BF3N4O4/c1-17(2)12-25(31-41-24-15-20-14-23(28(20,3)4)29(24,5)42-31)38-26(39)21(37-27(40)22-16-35-10-11-36-22)13-18-6-8-19(9-7-18)30(32,33)34/h6-11,16-17,20-21,23-25H,12-15H2,1-5H3,(H,37,40)(H,38,39)/t20-,21-,23-,24+,25-,29-/m0/s1. The van der Waals surface area contributed by atoms with Gasteiger partial charge in [0.1, 0.15) is 11.7 Å². The lowest BCUT2D eigenvalue weighted by Gasteiger charge is -2.64. The molecule has 3 saturated carbocycles. The van der Waals surface area contributed by atoms with Crippen LogP contribution in [0.3, 0.4) is 0 Å². The van der Waals surface area contributed by atoms with Gasteiger partial charge in [-0.15, -0.1) is 0 Å². The summed E-state index contributed by atoms with van der Waals surface area (Å²) in [7, 11) is -0.663. The fourth-order valence-electron chi connectivity index (χ4n) is 7.02. The van der Waals surface area contributed by atoms with Crippen molar-refractivity contribution in [2.24, 2.45) is 23.2 Å². The number of carbonyl (C=O) groups excluding carboxylic acids is 2. The van der Waals surface area contributed by atoms with E-state index in [4.69, 9.17) is 9.31 Å². The number of hydrogen-bond acceptors (Lipinski definition) is 6. The minimum Gasteiger partial charge on any atom is -0.404 e. The van der Waals surface area contributed by atoms with Gasteiger partial charge in [-0.3, -0.25) is 14.6 Å². The predicted octanol–water partition coefficient (Wildman–Crippen LogP) is 4.63. The van der Waals surface area contributed by atoms with Crippen LogP contribution in [0, 0.1) is 23.2 Å². The van der Waals surface area contributed by atoms with E-state index >= 15 is 0 Å². The fourth-order valence-corrected chi connectivity index (χ4v) is 7.02. The van der Waals surface area contributed by atoms with Crippen LogP contribution in [-0.2, 0) is 26.7 Å². The average molecular weight is 586 g/mol. The summed E-state index contributed by atoms with van der Waals surface area (Å²) in [5, 5.41) is 5.76. The van der Waals surface area contributed by atoms with Gasteiger partial charge in [0.15, 0.2) is 0 Å². The van der Waals surface area contributed by atoms with Gasteiger partial charge < -0.3 is 19.9 Å². The molecule has 2 N–H and O–H groups in total. The Morgan fingerprint density at radius 3 is 2.40 bits per heavy atom. The molecular formula is C30H38BF3N4O4. The Labute approximate surface area is 244 Å². The first-order chi connectivity index (χ1) is 19.7. The van der Waals surface area contributed by atoms with Crippen LogP contribution in [0.4, 0.5) is 13.2 Å². The van der Waals surface area contributed by atoms with Crippen molar-refractivity contribution < 1.29 is 32.1 Å². The van der Waals surface area contributed by atoms with Crippen LogP contribution in [0.1, 0.15) is 75.5 Å². The van der Waals surface area contributed by atoms with E-state index in [1.807, 2.05) is 13.8 Å². The number of carbonyl (C=O) groups is 2. The molecule has 226 valence electrons. The first-order valence-electron chi connectivity index (χ1n) is 14.5. The van der Waals surface area contributed by atoms with Gasteiger partial charge in [0.2, 0.25) is 5.91 Å². The molecule has 12 heteroatoms. The van der Waals surface area contributed by atoms with Gasteiger partial charge >= 0.3 is 13.3 Å². The van der Waals surface area contributed by atoms with E-state index in [-0.39, 0.29) is 29.6 Å². The molecule has 2 aromatic rings. The summed E-state index contributed by atoms with van der Waals surface area (Å²) in [6.07, 6.45) is 2.05. The maximum Gasteiger partial charge on any atom is 0.481 e. The van der Waals surface area contributed by atoms with E-state index in [2.05, 4.69) is 41.4 Å². The molecule has 0 radical (unpaired) electrons. The first kappa shape index (κ1) is 30.5. The number of nitrogens with one attached hydrogen (secondary N) is 2. The molecule has 6 atom stereocenters. The zero-order valence-corrected chi connectivity index (χ0v) is 24.6. The Hall–Kier alpha value is -2.99. The molecule has 2 amide bonds. The largest absolute Gasteiger partial charge is 0.481 e. The number of alkyl halides is 3. The van der Waals surface area contributed by atoms with Gasteiger partial charge in [-0.05, 0) is 67.1 Å². The second-order valence-electron chi connectivity index (χ2n) is 13.1. The van der Waals surface area contributed by atoms with Crippen LogP contribution in [0.2, 0.25) is 0 Å². The Balaban J connectivity index is 1.35. The molecule has 1 aliphatic heterocycles. The highest BCUT2D eigenvalue weighted by molar-refractivity contribution is 6.48. The summed E-state index contributed by atoms with van der Waals surface area (Å²) in [5.41, 5.74) is -0.612. The molecule has 4 aliphatic rings. The number of hydrogen-bond donors (Lipinski definition) is 2. The van der Waals surface area contributed by atoms with Crippen molar-refractivity contribution >= 4 is 18.9 Å². The topological polar surface area (TPSA) is 102 Å². The van der Waals surface area contributed by atoms with Gasteiger partial charge in [0, 0.05) is 18.8 Å². The lowest BCUT2D eigenvalue weighted by molar-refractivity contribution is -0.199. The highest BCUT2D eigenvalue weighted by Gasteiger charge is 2.68. The molecule has 3 aliphatic carbocycles. The molecule has 1 aromatic carbocycles. The van der Waals surface area contributed by atoms with Gasteiger partial charge in [-0.2, -0.15) is 13.2 Å². The molecule has 1 aromatic heterocycles. The zero-order chi connectivity index (χ0) is 30.4. The quantitative estimate of drug-likeness (QED) is 0.416. The second kappa shape index (κ2) is 11.3. The number of rotatable bonds is 9. The highest BCUT2D eigenvalue weighted by atomic mass is 19.4. The molecule has 2 bridgehead atoms. The second-order valence-corrected chi connectivity index (χ2v) is 13.1. The van der Waals surface area contributed by atoms with Crippen LogP contribution in [0.25, 0.3) is 0 Å². The summed E-state index contributed by atoms with van der Waals surface area (Å²) >= 11 is 0. The van der Waals surface area contributed by atoms with Crippen molar-refractivity contribution in [2.45, 2.75) is 90.2 Å². The summed E-state index contributed by atoms with van der Waals surface area (Å²) in [6, 6.07) is 3.45. The third-order valence-corrected chi connectivity index (χ3v) is 9.49. The molecule has 1 saturated heterocycles. The summed E-state index contributed by atoms with van der Waals surface area (Å²) in [5.74, 6) is -0.480. The number of benzene rings is 1. The number of aromatic nitrogens is 2. The van der Waals surface area contributed by atoms with Crippen LogP contribution in [-0.4, -0.2) is 52.6 Å². The van der Waals surface area contributed by atoms with E-state index in [0.29, 0.717) is 23.8 Å². The SMILES string of the molecule is CC(C)C[C@H](NC(=O)[C@H](Cc1ccc(C(F)(F)F)cc1)NC(=O)c1cnccn1)B1O[C@@H]2C[C@@H]3C[C@@H](C3(C)C)[C@]2(C)O1. The maximum atomic E-state index is 13.8. The molecule has 42 heavy (non-hydrogen) atoms. The molecule has 0 spiro atoms. The van der Waals surface area contributed by atoms with Gasteiger partial charge in [0.25, 0.3) is 5.91 Å². The van der Waals surface area contributed by atoms with Crippen molar-refractivity contribution in [1.82, 2.24) is 20.6 Å². The van der Waals surface area contributed by atoms with Crippen molar-refractivity contribution in [3.63, 3.8) is 0 Å².